The second kappa shape index (κ2) is 4.50. The largest absolute Gasteiger partial charge is 0.252 e. The van der Waals surface area contributed by atoms with Crippen molar-refractivity contribution in [3.63, 3.8) is 0 Å². The Kier molecular flexibility index (Phi) is 3.25. The maximum Gasteiger partial charge on any atom is 0.250 e. The number of rotatable bonds is 3. The Balaban J connectivity index is 2.36. The van der Waals surface area contributed by atoms with Crippen molar-refractivity contribution in [3.05, 3.63) is 17.8 Å². The van der Waals surface area contributed by atoms with Gasteiger partial charge in [0.25, 0.3) is 6.43 Å². The summed E-state index contributed by atoms with van der Waals surface area (Å²) < 4.78 is 36.6. The van der Waals surface area contributed by atoms with E-state index in [9.17, 15) is 13.0 Å². The van der Waals surface area contributed by atoms with Crippen molar-refractivity contribution >= 4 is 32.5 Å². The quantitative estimate of drug-likeness (QED) is 0.853. The standard InChI is InChI=1S/C9H8F2N2OS2/c1-5-2-6-8(12-3-5)13-9(15-6)16(14)4-7(10)11/h2-3,7H,4H2,1H3/t16-/m1/s1. The molecule has 7 heteroatoms. The number of hydrogen-bond donors (Lipinski definition) is 0. The van der Waals surface area contributed by atoms with Crippen LogP contribution in [0.3, 0.4) is 0 Å². The topological polar surface area (TPSA) is 42.9 Å². The van der Waals surface area contributed by atoms with Crippen LogP contribution in [-0.2, 0) is 10.8 Å². The van der Waals surface area contributed by atoms with Gasteiger partial charge >= 0.3 is 0 Å². The van der Waals surface area contributed by atoms with Crippen molar-refractivity contribution in [2.75, 3.05) is 5.75 Å². The van der Waals surface area contributed by atoms with Gasteiger partial charge in [-0.05, 0) is 18.6 Å². The van der Waals surface area contributed by atoms with Crippen molar-refractivity contribution in [3.8, 4) is 0 Å². The van der Waals surface area contributed by atoms with E-state index in [1.807, 2.05) is 13.0 Å². The van der Waals surface area contributed by atoms with Gasteiger partial charge in [0.05, 0.1) is 21.3 Å². The molecule has 0 fully saturated rings. The summed E-state index contributed by atoms with van der Waals surface area (Å²) in [6, 6.07) is 1.85. The lowest BCUT2D eigenvalue weighted by Crippen LogP contribution is -2.06. The molecule has 86 valence electrons. The SMILES string of the molecule is Cc1cnc2nc([S@](=O)CC(F)F)sc2c1. The number of alkyl halides is 2. The van der Waals surface area contributed by atoms with Crippen LogP contribution in [0.4, 0.5) is 8.78 Å². The Bertz CT molecular complexity index is 541. The lowest BCUT2D eigenvalue weighted by Gasteiger charge is -1.94. The van der Waals surface area contributed by atoms with Gasteiger partial charge in [0.15, 0.2) is 9.99 Å². The van der Waals surface area contributed by atoms with Crippen molar-refractivity contribution in [1.29, 1.82) is 0 Å². The van der Waals surface area contributed by atoms with E-state index in [4.69, 9.17) is 0 Å². The molecular weight excluding hydrogens is 254 g/mol. The molecule has 16 heavy (non-hydrogen) atoms. The van der Waals surface area contributed by atoms with E-state index >= 15 is 0 Å². The minimum absolute atomic E-state index is 0.216. The molecule has 0 amide bonds. The molecule has 0 radical (unpaired) electrons. The van der Waals surface area contributed by atoms with Crippen LogP contribution in [0, 0.1) is 6.92 Å². The zero-order valence-corrected chi connectivity index (χ0v) is 9.95. The Morgan fingerprint density at radius 1 is 1.56 bits per heavy atom. The minimum atomic E-state index is -2.58. The fraction of sp³-hybridized carbons (Fsp3) is 0.333. The van der Waals surface area contributed by atoms with Gasteiger partial charge in [-0.15, -0.1) is 11.3 Å². The highest BCUT2D eigenvalue weighted by molar-refractivity contribution is 7.87. The van der Waals surface area contributed by atoms with Crippen LogP contribution >= 0.6 is 11.3 Å². The van der Waals surface area contributed by atoms with Crippen LogP contribution in [0.5, 0.6) is 0 Å². The first-order valence-corrected chi connectivity index (χ1v) is 6.59. The van der Waals surface area contributed by atoms with Crippen LogP contribution in [0.1, 0.15) is 5.56 Å². The van der Waals surface area contributed by atoms with Crippen LogP contribution < -0.4 is 0 Å². The van der Waals surface area contributed by atoms with E-state index in [1.54, 1.807) is 6.20 Å². The summed E-state index contributed by atoms with van der Waals surface area (Å²) >= 11 is 1.15. The monoisotopic (exact) mass is 262 g/mol. The molecule has 0 aliphatic heterocycles. The summed E-state index contributed by atoms with van der Waals surface area (Å²) in [5.41, 5.74) is 1.43. The Morgan fingerprint density at radius 2 is 2.31 bits per heavy atom. The van der Waals surface area contributed by atoms with Crippen LogP contribution in [0.2, 0.25) is 0 Å². The third-order valence-corrected chi connectivity index (χ3v) is 4.47. The number of thiazole rings is 1. The van der Waals surface area contributed by atoms with Gasteiger partial charge in [0, 0.05) is 6.20 Å². The average Bonchev–Trinajstić information content (AvgIpc) is 2.59. The maximum atomic E-state index is 12.1. The zero-order chi connectivity index (χ0) is 11.7. The predicted molar refractivity (Wildman–Crippen MR) is 59.4 cm³/mol. The second-order valence-corrected chi connectivity index (χ2v) is 5.92. The Hall–Kier alpha value is -0.950. The first kappa shape index (κ1) is 11.5. The van der Waals surface area contributed by atoms with Crippen molar-refractivity contribution in [2.24, 2.45) is 0 Å². The smallest absolute Gasteiger partial charge is 0.250 e. The van der Waals surface area contributed by atoms with Gasteiger partial charge in [-0.25, -0.2) is 18.7 Å². The molecule has 1 atom stereocenters. The van der Waals surface area contributed by atoms with E-state index in [2.05, 4.69) is 9.97 Å². The van der Waals surface area contributed by atoms with E-state index in [0.717, 1.165) is 21.6 Å². The number of fused-ring (bicyclic) bond motifs is 1. The molecule has 0 aliphatic carbocycles. The van der Waals surface area contributed by atoms with Gasteiger partial charge in [-0.1, -0.05) is 0 Å². The minimum Gasteiger partial charge on any atom is -0.252 e. The molecule has 2 aromatic heterocycles. The molecule has 2 heterocycles. The number of pyridine rings is 1. The van der Waals surface area contributed by atoms with Gasteiger partial charge in [0.1, 0.15) is 0 Å². The van der Waals surface area contributed by atoms with Gasteiger partial charge in [-0.3, -0.25) is 4.21 Å². The summed E-state index contributed by atoms with van der Waals surface area (Å²) in [5, 5.41) is 0. The second-order valence-electron chi connectivity index (χ2n) is 3.22. The first-order chi connectivity index (χ1) is 7.56. The fourth-order valence-electron chi connectivity index (χ4n) is 1.18. The summed E-state index contributed by atoms with van der Waals surface area (Å²) in [5.74, 6) is -0.668. The molecule has 0 saturated carbocycles. The third-order valence-electron chi connectivity index (χ3n) is 1.84. The molecule has 0 spiro atoms. The van der Waals surface area contributed by atoms with Crippen LogP contribution in [-0.4, -0.2) is 26.4 Å². The number of aryl methyl sites for hydroxylation is 1. The van der Waals surface area contributed by atoms with E-state index in [0.29, 0.717) is 5.65 Å². The summed E-state index contributed by atoms with van der Waals surface area (Å²) in [6.45, 7) is 1.88. The predicted octanol–water partition coefficient (Wildman–Crippen LogP) is 2.37. The molecule has 0 aliphatic rings. The molecule has 0 N–H and O–H groups in total. The summed E-state index contributed by atoms with van der Waals surface area (Å²) in [6.07, 6.45) is -0.940. The normalized spacial score (nSPS) is 13.5. The highest BCUT2D eigenvalue weighted by atomic mass is 32.2. The highest BCUT2D eigenvalue weighted by Gasteiger charge is 2.16. The Labute approximate surface area is 97.0 Å². The lowest BCUT2D eigenvalue weighted by atomic mass is 10.3. The fourth-order valence-corrected chi connectivity index (χ4v) is 3.34. The van der Waals surface area contributed by atoms with Gasteiger partial charge in [-0.2, -0.15) is 0 Å². The summed E-state index contributed by atoms with van der Waals surface area (Å²) in [4.78, 5) is 8.02. The first-order valence-electron chi connectivity index (χ1n) is 4.46. The highest BCUT2D eigenvalue weighted by Crippen LogP contribution is 2.24. The van der Waals surface area contributed by atoms with E-state index in [-0.39, 0.29) is 4.34 Å². The summed E-state index contributed by atoms with van der Waals surface area (Å²) in [7, 11) is -1.74. The molecule has 0 bridgehead atoms. The van der Waals surface area contributed by atoms with Crippen molar-refractivity contribution < 1.29 is 13.0 Å². The third kappa shape index (κ3) is 2.41. The Morgan fingerprint density at radius 3 is 3.00 bits per heavy atom. The molecule has 3 nitrogen and oxygen atoms in total. The van der Waals surface area contributed by atoms with E-state index < -0.39 is 23.0 Å². The van der Waals surface area contributed by atoms with Crippen molar-refractivity contribution in [1.82, 2.24) is 9.97 Å². The average molecular weight is 262 g/mol. The van der Waals surface area contributed by atoms with Crippen LogP contribution in [0.15, 0.2) is 16.6 Å². The zero-order valence-electron chi connectivity index (χ0n) is 8.31. The number of halogens is 2. The number of aromatic nitrogens is 2. The van der Waals surface area contributed by atoms with E-state index in [1.165, 1.54) is 0 Å². The lowest BCUT2D eigenvalue weighted by molar-refractivity contribution is 0.175. The molecule has 0 saturated heterocycles. The van der Waals surface area contributed by atoms with Gasteiger partial charge in [0.2, 0.25) is 0 Å². The molecule has 2 aromatic rings. The molecule has 0 unspecified atom stereocenters. The number of hydrogen-bond acceptors (Lipinski definition) is 4. The molecule has 2 rings (SSSR count). The number of nitrogens with zero attached hydrogens (tertiary/aromatic N) is 2. The molecule has 0 aromatic carbocycles. The maximum absolute atomic E-state index is 12.1. The van der Waals surface area contributed by atoms with Gasteiger partial charge < -0.3 is 0 Å². The molecular formula is C9H8F2N2OS2. The van der Waals surface area contributed by atoms with Crippen molar-refractivity contribution in [2.45, 2.75) is 17.7 Å². The van der Waals surface area contributed by atoms with Crippen LogP contribution in [0.25, 0.3) is 10.3 Å².